The minimum absolute atomic E-state index is 0.289. The highest BCUT2D eigenvalue weighted by Crippen LogP contribution is 2.40. The Hall–Kier alpha value is -0.650. The summed E-state index contributed by atoms with van der Waals surface area (Å²) in [6.07, 6.45) is 1.78. The van der Waals surface area contributed by atoms with Crippen molar-refractivity contribution < 1.29 is 4.74 Å². The number of ether oxygens (including phenoxy) is 1. The minimum atomic E-state index is 0.289. The quantitative estimate of drug-likeness (QED) is 0.874. The van der Waals surface area contributed by atoms with Crippen molar-refractivity contribution in [1.82, 2.24) is 10.2 Å². The average molecular weight is 285 g/mol. The molecule has 0 saturated heterocycles. The van der Waals surface area contributed by atoms with Crippen molar-refractivity contribution in [2.75, 3.05) is 6.61 Å². The van der Waals surface area contributed by atoms with Crippen molar-refractivity contribution in [3.63, 3.8) is 0 Å². The van der Waals surface area contributed by atoms with E-state index in [-0.39, 0.29) is 5.92 Å². The second-order valence-electron chi connectivity index (χ2n) is 3.53. The summed E-state index contributed by atoms with van der Waals surface area (Å²) in [4.78, 5) is 0. The van der Waals surface area contributed by atoms with Gasteiger partial charge in [-0.05, 0) is 38.5 Å². The number of H-pyrrole nitrogens is 1. The van der Waals surface area contributed by atoms with Gasteiger partial charge in [0.05, 0.1) is 22.9 Å². The van der Waals surface area contributed by atoms with E-state index in [0.29, 0.717) is 0 Å². The van der Waals surface area contributed by atoms with Gasteiger partial charge >= 0.3 is 0 Å². The number of fused-ring (bicyclic) bond motifs is 1. The molecule has 0 fully saturated rings. The zero-order valence-corrected chi connectivity index (χ0v) is 10.3. The minimum Gasteiger partial charge on any atom is -0.376 e. The van der Waals surface area contributed by atoms with Crippen LogP contribution >= 0.6 is 27.3 Å². The third-order valence-electron chi connectivity index (χ3n) is 2.65. The van der Waals surface area contributed by atoms with E-state index in [9.17, 15) is 0 Å². The molecule has 0 aromatic carbocycles. The molecule has 1 atom stereocenters. The van der Waals surface area contributed by atoms with Crippen LogP contribution in [0.25, 0.3) is 0 Å². The normalized spacial score (nSPS) is 20.2. The number of nitrogens with zero attached hydrogens (tertiary/aromatic N) is 1. The average Bonchev–Trinajstić information content (AvgIpc) is 2.88. The van der Waals surface area contributed by atoms with Gasteiger partial charge in [0.25, 0.3) is 0 Å². The lowest BCUT2D eigenvalue weighted by atomic mass is 9.94. The maximum absolute atomic E-state index is 5.58. The van der Waals surface area contributed by atoms with Crippen LogP contribution in [-0.2, 0) is 11.3 Å². The Bertz CT molecular complexity index is 466. The van der Waals surface area contributed by atoms with Crippen LogP contribution in [0.15, 0.2) is 21.4 Å². The first kappa shape index (κ1) is 9.57. The Morgan fingerprint density at radius 2 is 2.53 bits per heavy atom. The van der Waals surface area contributed by atoms with E-state index in [4.69, 9.17) is 4.74 Å². The number of aromatic amines is 1. The summed E-state index contributed by atoms with van der Waals surface area (Å²) in [6, 6.07) is 2.01. The van der Waals surface area contributed by atoms with E-state index in [0.717, 1.165) is 18.9 Å². The van der Waals surface area contributed by atoms with E-state index in [1.54, 1.807) is 17.5 Å². The number of nitrogens with one attached hydrogen (secondary N) is 1. The van der Waals surface area contributed by atoms with Gasteiger partial charge in [-0.25, -0.2) is 0 Å². The molecule has 0 aliphatic carbocycles. The molecule has 0 saturated carbocycles. The summed E-state index contributed by atoms with van der Waals surface area (Å²) >= 11 is 5.33. The zero-order valence-electron chi connectivity index (χ0n) is 7.87. The molecule has 1 aliphatic rings. The van der Waals surface area contributed by atoms with Crippen LogP contribution in [-0.4, -0.2) is 16.8 Å². The Morgan fingerprint density at radius 1 is 1.60 bits per heavy atom. The first-order valence-electron chi connectivity index (χ1n) is 4.69. The molecule has 1 N–H and O–H groups in total. The smallest absolute Gasteiger partial charge is 0.0741 e. The summed E-state index contributed by atoms with van der Waals surface area (Å²) in [5.41, 5.74) is 3.77. The molecule has 3 nitrogen and oxygen atoms in total. The van der Waals surface area contributed by atoms with Crippen LogP contribution in [0.4, 0.5) is 0 Å². The topological polar surface area (TPSA) is 37.9 Å². The van der Waals surface area contributed by atoms with Crippen LogP contribution in [0.1, 0.15) is 22.7 Å². The Morgan fingerprint density at radius 3 is 3.33 bits per heavy atom. The van der Waals surface area contributed by atoms with Gasteiger partial charge in [-0.1, -0.05) is 0 Å². The number of aromatic nitrogens is 2. The van der Waals surface area contributed by atoms with Gasteiger partial charge in [-0.3, -0.25) is 5.10 Å². The molecule has 3 rings (SSSR count). The summed E-state index contributed by atoms with van der Waals surface area (Å²) in [6.45, 7) is 1.45. The molecule has 2 aromatic heterocycles. The van der Waals surface area contributed by atoms with Gasteiger partial charge < -0.3 is 4.74 Å². The van der Waals surface area contributed by atoms with Crippen molar-refractivity contribution in [2.45, 2.75) is 12.5 Å². The number of hydrogen-bond donors (Lipinski definition) is 1. The van der Waals surface area contributed by atoms with Gasteiger partial charge in [0.2, 0.25) is 0 Å². The number of halogens is 1. The lowest BCUT2D eigenvalue weighted by molar-refractivity contribution is 0.0989. The molecule has 1 unspecified atom stereocenters. The Kier molecular flexibility index (Phi) is 2.38. The van der Waals surface area contributed by atoms with Crippen LogP contribution in [0.5, 0.6) is 0 Å². The highest BCUT2D eigenvalue weighted by Gasteiger charge is 2.26. The van der Waals surface area contributed by atoms with E-state index < -0.39 is 0 Å². The molecule has 0 bridgehead atoms. The fourth-order valence-electron chi connectivity index (χ4n) is 1.92. The monoisotopic (exact) mass is 284 g/mol. The van der Waals surface area contributed by atoms with Crippen molar-refractivity contribution in [3.05, 3.63) is 38.3 Å². The summed E-state index contributed by atoms with van der Waals surface area (Å²) in [5, 5.41) is 9.17. The molecule has 5 heteroatoms. The van der Waals surface area contributed by atoms with Crippen molar-refractivity contribution in [3.8, 4) is 0 Å². The van der Waals surface area contributed by atoms with E-state index >= 15 is 0 Å². The van der Waals surface area contributed by atoms with Crippen molar-refractivity contribution in [2.24, 2.45) is 0 Å². The third-order valence-corrected chi connectivity index (χ3v) is 4.47. The predicted octanol–water partition coefficient (Wildman–Crippen LogP) is 2.90. The van der Waals surface area contributed by atoms with Gasteiger partial charge in [-0.2, -0.15) is 5.10 Å². The molecular formula is C10H9BrN2OS. The lowest BCUT2D eigenvalue weighted by Crippen LogP contribution is -2.17. The van der Waals surface area contributed by atoms with E-state index in [1.807, 2.05) is 6.07 Å². The Balaban J connectivity index is 2.09. The second-order valence-corrected chi connectivity index (χ2v) is 5.73. The molecule has 0 spiro atoms. The first-order chi connectivity index (χ1) is 7.36. The van der Waals surface area contributed by atoms with E-state index in [2.05, 4.69) is 31.5 Å². The standard InChI is InChI=1S/C10H9BrN2OS/c11-10-9-6(5-15-10)3-14-4-7(9)8-1-2-12-13-8/h1-2,5,7H,3-4H2,(H,12,13). The fourth-order valence-corrected chi connectivity index (χ4v) is 3.58. The Labute approximate surface area is 99.6 Å². The van der Waals surface area contributed by atoms with Crippen LogP contribution in [0.2, 0.25) is 0 Å². The summed E-state index contributed by atoms with van der Waals surface area (Å²) in [7, 11) is 0. The molecule has 2 aromatic rings. The molecule has 15 heavy (non-hydrogen) atoms. The molecule has 1 aliphatic heterocycles. The highest BCUT2D eigenvalue weighted by atomic mass is 79.9. The molecule has 78 valence electrons. The second kappa shape index (κ2) is 3.73. The molecule has 0 radical (unpaired) electrons. The van der Waals surface area contributed by atoms with Crippen molar-refractivity contribution in [1.29, 1.82) is 0 Å². The maximum Gasteiger partial charge on any atom is 0.0741 e. The third kappa shape index (κ3) is 1.55. The largest absolute Gasteiger partial charge is 0.376 e. The fraction of sp³-hybridized carbons (Fsp3) is 0.300. The van der Waals surface area contributed by atoms with Gasteiger partial charge in [0, 0.05) is 11.9 Å². The number of thiophene rings is 1. The summed E-state index contributed by atoms with van der Waals surface area (Å²) in [5.74, 6) is 0.289. The SMILES string of the molecule is Brc1scc2c1C(c1ccn[nH]1)COC2. The summed E-state index contributed by atoms with van der Waals surface area (Å²) < 4.78 is 6.79. The molecule has 0 amide bonds. The van der Waals surface area contributed by atoms with Crippen LogP contribution < -0.4 is 0 Å². The molecular weight excluding hydrogens is 276 g/mol. The van der Waals surface area contributed by atoms with E-state index in [1.165, 1.54) is 14.9 Å². The van der Waals surface area contributed by atoms with Gasteiger partial charge in [-0.15, -0.1) is 11.3 Å². The predicted molar refractivity (Wildman–Crippen MR) is 62.1 cm³/mol. The number of rotatable bonds is 1. The highest BCUT2D eigenvalue weighted by molar-refractivity contribution is 9.11. The van der Waals surface area contributed by atoms with Crippen LogP contribution in [0.3, 0.4) is 0 Å². The first-order valence-corrected chi connectivity index (χ1v) is 6.36. The maximum atomic E-state index is 5.58. The molecule has 3 heterocycles. The number of hydrogen-bond acceptors (Lipinski definition) is 3. The van der Waals surface area contributed by atoms with Crippen molar-refractivity contribution >= 4 is 27.3 Å². The lowest BCUT2D eigenvalue weighted by Gasteiger charge is -2.22. The van der Waals surface area contributed by atoms with Crippen LogP contribution in [0, 0.1) is 0 Å². The zero-order chi connectivity index (χ0) is 10.3. The van der Waals surface area contributed by atoms with Gasteiger partial charge in [0.1, 0.15) is 0 Å². The van der Waals surface area contributed by atoms with Gasteiger partial charge in [0.15, 0.2) is 0 Å².